The molecule has 11 rings (SSSR count). The fourth-order valence-corrected chi connectivity index (χ4v) is 12.9. The molecular formula is C57H61N3O23. The number of H-pyrrole nitrogens is 1. The normalized spacial score (nSPS) is 33.6. The first kappa shape index (κ1) is 57.6. The molecule has 1 aliphatic carbocycles. The van der Waals surface area contributed by atoms with Gasteiger partial charge in [0.2, 0.25) is 17.2 Å². The number of piperidine rings is 1. The van der Waals surface area contributed by atoms with Gasteiger partial charge in [0.1, 0.15) is 53.1 Å². The highest BCUT2D eigenvalue weighted by Gasteiger charge is 2.76. The number of aromatic nitrogens is 1. The average Bonchev–Trinajstić information content (AvgIpc) is 1.80. The molecule has 0 radical (unpaired) electrons. The summed E-state index contributed by atoms with van der Waals surface area (Å²) in [5, 5.41) is 165. The molecule has 3 saturated heterocycles. The van der Waals surface area contributed by atoms with Crippen molar-refractivity contribution >= 4 is 28.7 Å². The van der Waals surface area contributed by atoms with Crippen LogP contribution in [0.15, 0.2) is 86.9 Å². The molecule has 6 aliphatic heterocycles. The number of phenols is 3. The van der Waals surface area contributed by atoms with E-state index in [1.165, 1.54) is 12.1 Å². The van der Waals surface area contributed by atoms with E-state index in [0.717, 1.165) is 49.5 Å². The van der Waals surface area contributed by atoms with E-state index in [9.17, 15) is 85.9 Å². The van der Waals surface area contributed by atoms with Crippen LogP contribution in [0.3, 0.4) is 0 Å². The van der Waals surface area contributed by atoms with Crippen LogP contribution < -0.4 is 20.8 Å². The molecule has 14 unspecified atom stereocenters. The van der Waals surface area contributed by atoms with Gasteiger partial charge in [-0.2, -0.15) is 0 Å². The second-order valence-corrected chi connectivity index (χ2v) is 22.3. The van der Waals surface area contributed by atoms with Gasteiger partial charge < -0.3 is 105 Å². The number of nitrogens with one attached hydrogen (secondary N) is 3. The summed E-state index contributed by atoms with van der Waals surface area (Å²) in [6.07, 6.45) is -7.79. The van der Waals surface area contributed by atoms with E-state index in [-0.39, 0.29) is 59.0 Å². The summed E-state index contributed by atoms with van der Waals surface area (Å²) in [5.74, 6) is -16.9. The fourth-order valence-electron chi connectivity index (χ4n) is 12.9. The number of ether oxygens (including phenoxy) is 4. The molecule has 8 heterocycles. The number of carboxylic acids is 1. The number of hydrogen-bond donors (Lipinski definition) is 17. The van der Waals surface area contributed by atoms with E-state index in [1.807, 2.05) is 12.0 Å². The number of aliphatic hydroxyl groups is 10. The Morgan fingerprint density at radius 3 is 2.40 bits per heavy atom. The summed E-state index contributed by atoms with van der Waals surface area (Å²) in [6, 6.07) is 8.02. The van der Waals surface area contributed by atoms with E-state index in [4.69, 9.17) is 23.4 Å². The second kappa shape index (κ2) is 21.1. The number of dihydropyridines is 1. The van der Waals surface area contributed by atoms with Gasteiger partial charge in [0, 0.05) is 96.9 Å². The molecule has 442 valence electrons. The van der Waals surface area contributed by atoms with Crippen LogP contribution in [0.25, 0.3) is 22.3 Å². The summed E-state index contributed by atoms with van der Waals surface area (Å²) in [5.41, 5.74) is -6.91. The Morgan fingerprint density at radius 1 is 0.904 bits per heavy atom. The number of benzene rings is 2. The molecule has 26 nitrogen and oxygen atoms in total. The van der Waals surface area contributed by atoms with Crippen molar-refractivity contribution in [2.75, 3.05) is 19.8 Å². The standard InChI is InChI=1S/C57H61N3O23/c61-11-7-27-13-28(16-37(66)43(27)67)38-19-36(65)42-39(79-38)20-40-41(44(42)68)34(29-15-35-26-4-1-5-32(14-26)60-50(35)59-22-29)18-30(17-31-6-2-10-58-31)56(80-40)47(71)45(69)46(70)53(82-56)8-3-9-54(51(74)75)57(77,78)49(73)48(72)55(83-54,81-52(53)76)21-25(23-62)12-33(64)24-63/h2,6,10,13,15-16,18-20,22,25-26,32,34,45-50,58-63,66-73,77-78H,1,4-5,7-8,11-12,14,17,21,23-24H2,(H,74,75). The molecule has 2 aromatic carbocycles. The van der Waals surface area contributed by atoms with Crippen LogP contribution in [0.5, 0.6) is 23.0 Å². The van der Waals surface area contributed by atoms with E-state index in [2.05, 4.69) is 21.5 Å². The third kappa shape index (κ3) is 9.18. The largest absolute Gasteiger partial charge is 0.507 e. The summed E-state index contributed by atoms with van der Waals surface area (Å²) >= 11 is 0. The molecular weight excluding hydrogens is 1090 g/mol. The van der Waals surface area contributed by atoms with Gasteiger partial charge in [-0.25, -0.2) is 9.59 Å². The summed E-state index contributed by atoms with van der Waals surface area (Å²) in [4.78, 5) is 59.2. The molecule has 4 bridgehead atoms. The van der Waals surface area contributed by atoms with Gasteiger partial charge in [-0.15, -0.1) is 0 Å². The molecule has 2 spiro atoms. The maximum atomic E-state index is 15.6. The number of Topliss-reactive ketones (excluding diaryl/α,β-unsaturated/α-hetero) is 1. The number of aliphatic carboxylic acids is 1. The number of carboxylic acid groups (broad SMARTS) is 1. The molecule has 83 heavy (non-hydrogen) atoms. The maximum Gasteiger partial charge on any atom is 0.354 e. The molecule has 2 aromatic heterocycles. The minimum atomic E-state index is -4.08. The lowest BCUT2D eigenvalue weighted by Gasteiger charge is -2.55. The number of ketones is 1. The predicted octanol–water partition coefficient (Wildman–Crippen LogP) is -1.61. The highest BCUT2D eigenvalue weighted by molar-refractivity contribution is 5.90. The smallest absolute Gasteiger partial charge is 0.354 e. The molecule has 7 aliphatic rings. The van der Waals surface area contributed by atoms with Gasteiger partial charge in [0.05, 0.1) is 12.6 Å². The Bertz CT molecular complexity index is 3510. The minimum absolute atomic E-state index is 0.0245. The number of esters is 1. The van der Waals surface area contributed by atoms with Crippen LogP contribution in [-0.4, -0.2) is 185 Å². The van der Waals surface area contributed by atoms with Crippen molar-refractivity contribution in [1.82, 2.24) is 15.6 Å². The van der Waals surface area contributed by atoms with Crippen molar-refractivity contribution in [3.05, 3.63) is 105 Å². The summed E-state index contributed by atoms with van der Waals surface area (Å²) in [6.45, 7) is -2.58. The average molecular weight is 1160 g/mol. The second-order valence-electron chi connectivity index (χ2n) is 22.3. The number of hydrogen-bond acceptors (Lipinski definition) is 24. The van der Waals surface area contributed by atoms with E-state index in [0.29, 0.717) is 11.3 Å². The first-order valence-electron chi connectivity index (χ1n) is 26.9. The van der Waals surface area contributed by atoms with Crippen LogP contribution in [0.4, 0.5) is 0 Å². The molecule has 1 saturated carbocycles. The van der Waals surface area contributed by atoms with Gasteiger partial charge in [-0.1, -0.05) is 24.5 Å². The number of rotatable bonds is 13. The molecule has 4 fully saturated rings. The number of aliphatic hydroxyl groups excluding tert-OH is 8. The molecule has 0 amide bonds. The summed E-state index contributed by atoms with van der Waals surface area (Å²) in [7, 11) is 0. The Morgan fingerprint density at radius 2 is 1.69 bits per heavy atom. The molecule has 17 N–H and O–H groups in total. The number of allylic oxidation sites excluding steroid dienone is 3. The zero-order chi connectivity index (χ0) is 59.3. The van der Waals surface area contributed by atoms with Crippen molar-refractivity contribution < 1.29 is 109 Å². The summed E-state index contributed by atoms with van der Waals surface area (Å²) < 4.78 is 31.6. The first-order chi connectivity index (χ1) is 39.5. The fraction of sp³-hybridized carbons (Fsp3) is 0.474. The maximum absolute atomic E-state index is 15.6. The van der Waals surface area contributed by atoms with Crippen molar-refractivity contribution in [3.8, 4) is 46.2 Å². The number of aromatic hydroxyl groups is 3. The molecule has 14 atom stereocenters. The lowest BCUT2D eigenvalue weighted by atomic mass is 9.74. The van der Waals surface area contributed by atoms with Crippen molar-refractivity contribution in [2.24, 2.45) is 11.8 Å². The monoisotopic (exact) mass is 1160 g/mol. The van der Waals surface area contributed by atoms with Gasteiger partial charge in [0.15, 0.2) is 34.9 Å². The lowest BCUT2D eigenvalue weighted by Crippen LogP contribution is -2.79. The first-order valence-corrected chi connectivity index (χ1v) is 26.9. The molecule has 4 aromatic rings. The Hall–Kier alpha value is -7.20. The number of phenolic OH excluding ortho intramolecular Hbond substituents is 3. The van der Waals surface area contributed by atoms with Gasteiger partial charge >= 0.3 is 11.9 Å². The van der Waals surface area contributed by atoms with Crippen LogP contribution >= 0.6 is 0 Å². The third-order valence-corrected chi connectivity index (χ3v) is 17.2. The Labute approximate surface area is 469 Å². The van der Waals surface area contributed by atoms with E-state index < -0.39 is 167 Å². The van der Waals surface area contributed by atoms with Gasteiger partial charge in [-0.05, 0) is 78.9 Å². The predicted molar refractivity (Wildman–Crippen MR) is 280 cm³/mol. The van der Waals surface area contributed by atoms with Gasteiger partial charge in [-0.3, -0.25) is 14.9 Å². The van der Waals surface area contributed by atoms with Crippen LogP contribution in [0.2, 0.25) is 0 Å². The van der Waals surface area contributed by atoms with E-state index in [1.54, 1.807) is 24.5 Å². The number of fused-ring (bicyclic) bond motifs is 8. The quantitative estimate of drug-likeness (QED) is 0.0235. The number of carbonyl (C=O) groups is 3. The van der Waals surface area contributed by atoms with E-state index >= 15 is 4.79 Å². The zero-order valence-electron chi connectivity index (χ0n) is 44.0. The van der Waals surface area contributed by atoms with Crippen molar-refractivity contribution in [3.63, 3.8) is 0 Å². The Balaban J connectivity index is 1.15. The lowest BCUT2D eigenvalue weighted by molar-refractivity contribution is -0.432. The van der Waals surface area contributed by atoms with Crippen LogP contribution in [-0.2, 0) is 41.4 Å². The van der Waals surface area contributed by atoms with Crippen LogP contribution in [0.1, 0.15) is 67.7 Å². The highest BCUT2D eigenvalue weighted by atomic mass is 16.8. The van der Waals surface area contributed by atoms with Gasteiger partial charge in [0.25, 0.3) is 11.4 Å². The minimum Gasteiger partial charge on any atom is -0.507 e. The topological polar surface area (TPSA) is 441 Å². The number of aromatic amines is 1. The van der Waals surface area contributed by atoms with Crippen LogP contribution in [0, 0.1) is 23.7 Å². The van der Waals surface area contributed by atoms with Crippen molar-refractivity contribution in [2.45, 2.75) is 135 Å². The molecule has 26 heteroatoms. The van der Waals surface area contributed by atoms with Crippen molar-refractivity contribution in [1.29, 1.82) is 0 Å². The Kier molecular flexibility index (Phi) is 14.7. The highest BCUT2D eigenvalue weighted by Crippen LogP contribution is 2.56. The zero-order valence-corrected chi connectivity index (χ0v) is 44.0. The number of carbonyl (C=O) groups excluding carboxylic acids is 2. The SMILES string of the molecule is O=C(CO)CC(CO)CC12OC(=O)C3(CC#CC(C(=O)O)(O1)C(O)(O)C(O)C2O)OC1(Oc2cc4oc(-c5cc(O)c(O)c(CCO)c5)cc(=O)c4c(O)c2C(C2=CNC4NC5CCCC(C5)C4=C2)C=C1Cc1ccc[nH]1)C(O)C(O)C3O. The third-order valence-electron chi connectivity index (χ3n) is 17.2.